The minimum absolute atomic E-state index is 0.0541. The lowest BCUT2D eigenvalue weighted by atomic mass is 9.77. The highest BCUT2D eigenvalue weighted by Crippen LogP contribution is 2.51. The summed E-state index contributed by atoms with van der Waals surface area (Å²) in [6.45, 7) is 11.1. The molecule has 15 heteroatoms. The van der Waals surface area contributed by atoms with Crippen molar-refractivity contribution in [3.05, 3.63) is 118 Å². The number of fused-ring (bicyclic) bond motifs is 1. The molecular weight excluding hydrogens is 770 g/mol. The van der Waals surface area contributed by atoms with Gasteiger partial charge in [0, 0.05) is 17.4 Å². The second-order valence-corrected chi connectivity index (χ2v) is 17.4. The van der Waals surface area contributed by atoms with E-state index in [9.17, 15) is 14.2 Å². The van der Waals surface area contributed by atoms with E-state index in [4.69, 9.17) is 32.7 Å². The van der Waals surface area contributed by atoms with Crippen LogP contribution in [0.5, 0.6) is 11.5 Å². The van der Waals surface area contributed by atoms with Crippen LogP contribution < -0.4 is 20.5 Å². The van der Waals surface area contributed by atoms with E-state index in [1.54, 1.807) is 40.3 Å². The molecule has 2 aliphatic rings. The monoisotopic (exact) mass is 821 g/mol. The van der Waals surface area contributed by atoms with Gasteiger partial charge in [-0.2, -0.15) is 4.98 Å². The number of nitrogens with one attached hydrogen (secondary N) is 1. The Labute approximate surface area is 338 Å². The fourth-order valence-corrected chi connectivity index (χ4v) is 8.93. The summed E-state index contributed by atoms with van der Waals surface area (Å²) in [5.41, 5.74) is -0.545. The number of nitrogens with zero attached hydrogens (tertiary/aromatic N) is 2. The van der Waals surface area contributed by atoms with E-state index in [2.05, 4.69) is 10.3 Å². The number of carbonyl (C=O) groups excluding carboxylic acids is 1. The number of hydrogen-bond acceptors (Lipinski definition) is 13. The molecule has 2 fully saturated rings. The zero-order chi connectivity index (χ0) is 41.0. The lowest BCUT2D eigenvalue weighted by molar-refractivity contribution is -0.217. The number of hydrogen-bond donors (Lipinski definition) is 1. The van der Waals surface area contributed by atoms with E-state index < -0.39 is 54.7 Å². The summed E-state index contributed by atoms with van der Waals surface area (Å²) in [6.07, 6.45) is -0.0804. The Kier molecular flexibility index (Phi) is 13.0. The number of methoxy groups -OCH3 is 2. The molecule has 1 aromatic heterocycles. The van der Waals surface area contributed by atoms with Gasteiger partial charge in [-0.15, -0.1) is 0 Å². The van der Waals surface area contributed by atoms with Crippen molar-refractivity contribution in [2.45, 2.75) is 83.3 Å². The van der Waals surface area contributed by atoms with Gasteiger partial charge >= 0.3 is 13.9 Å². The number of ether oxygens (including phenoxy) is 5. The van der Waals surface area contributed by atoms with Crippen molar-refractivity contribution in [1.29, 1.82) is 0 Å². The zero-order valence-electron chi connectivity index (χ0n) is 33.6. The Morgan fingerprint density at radius 3 is 2.07 bits per heavy atom. The first-order valence-electron chi connectivity index (χ1n) is 18.9. The van der Waals surface area contributed by atoms with Crippen LogP contribution in [0, 0.1) is 5.41 Å². The molecule has 0 radical (unpaired) electrons. The first kappa shape index (κ1) is 42.6. The Bertz CT molecular complexity index is 2030. The molecule has 4 aromatic rings. The predicted octanol–water partition coefficient (Wildman–Crippen LogP) is 7.59. The molecule has 0 spiro atoms. The zero-order valence-corrected chi connectivity index (χ0v) is 35.4. The van der Waals surface area contributed by atoms with E-state index in [1.807, 2.05) is 107 Å². The average Bonchev–Trinajstić information content (AvgIpc) is 3.62. The van der Waals surface area contributed by atoms with E-state index in [-0.39, 0.29) is 18.3 Å². The van der Waals surface area contributed by atoms with E-state index >= 15 is 0 Å². The molecule has 3 heterocycles. The van der Waals surface area contributed by atoms with Crippen LogP contribution in [-0.4, -0.2) is 71.4 Å². The minimum atomic E-state index is -2.93. The fraction of sp³-hybridized carbons (Fsp3) is 0.452. The largest absolute Gasteiger partial charge is 0.497 e. The molecule has 0 bridgehead atoms. The molecule has 57 heavy (non-hydrogen) atoms. The second-order valence-electron chi connectivity index (χ2n) is 15.2. The van der Waals surface area contributed by atoms with Gasteiger partial charge in [-0.1, -0.05) is 87.1 Å². The van der Waals surface area contributed by atoms with Gasteiger partial charge in [-0.05, 0) is 74.2 Å². The van der Waals surface area contributed by atoms with Gasteiger partial charge in [0.2, 0.25) is 0 Å². The SMILES string of the molecule is CCC(C)(C)C(=O)SCCO[PH](=O)OC[C@H]1O[C@H](n2ccc(NC(c3ccccc3)(c3ccc(OC)cc3)c3ccc(OC)cc3)nc2=O)[C@@]2(C)OC(C)(C)OC12. The Balaban J connectivity index is 1.26. The summed E-state index contributed by atoms with van der Waals surface area (Å²) in [6, 6.07) is 27.1. The average molecular weight is 822 g/mol. The molecule has 2 saturated heterocycles. The standard InChI is InChI=1S/C42H52N3O10PS/c1-9-39(2,3)37(46)57-26-25-51-56(48)52-27-33-35-41(6,55-40(4,5)54-35)36(53-33)45-24-23-34(43-38(45)47)44-42(28-13-11-10-12-14-28,29-15-19-31(49-7)20-16-29)30-17-21-32(50-8)22-18-30/h10-24,33,35-36,56H,9,25-27H2,1-8H3,(H,43,44,47)/t33-,35?,36+,41+/m1/s1. The molecular formula is C42H52N3O10PS. The van der Waals surface area contributed by atoms with E-state index in [1.165, 1.54) is 4.57 Å². The molecule has 0 amide bonds. The quantitative estimate of drug-likeness (QED) is 0.0635. The van der Waals surface area contributed by atoms with Crippen LogP contribution in [0.25, 0.3) is 0 Å². The summed E-state index contributed by atoms with van der Waals surface area (Å²) in [4.78, 5) is 31.1. The molecule has 5 atom stereocenters. The summed E-state index contributed by atoms with van der Waals surface area (Å²) >= 11 is 1.15. The van der Waals surface area contributed by atoms with Crippen molar-refractivity contribution in [2.24, 2.45) is 5.41 Å². The molecule has 13 nitrogen and oxygen atoms in total. The number of carbonyl (C=O) groups is 1. The van der Waals surface area contributed by atoms with Gasteiger partial charge in [-0.25, -0.2) is 4.79 Å². The van der Waals surface area contributed by atoms with Crippen molar-refractivity contribution in [1.82, 2.24) is 9.55 Å². The van der Waals surface area contributed by atoms with Crippen molar-refractivity contribution in [2.75, 3.05) is 38.5 Å². The van der Waals surface area contributed by atoms with Crippen LogP contribution in [0.3, 0.4) is 0 Å². The third-order valence-electron chi connectivity index (χ3n) is 10.6. The first-order chi connectivity index (χ1) is 27.2. The van der Waals surface area contributed by atoms with Gasteiger partial charge in [0.15, 0.2) is 17.1 Å². The lowest BCUT2D eigenvalue weighted by Gasteiger charge is -2.37. The van der Waals surface area contributed by atoms with Crippen LogP contribution in [-0.2, 0) is 38.2 Å². The maximum absolute atomic E-state index is 14.1. The van der Waals surface area contributed by atoms with Gasteiger partial charge in [0.05, 0.1) is 27.4 Å². The maximum atomic E-state index is 14.1. The highest BCUT2D eigenvalue weighted by Gasteiger charge is 2.64. The molecule has 306 valence electrons. The molecule has 1 N–H and O–H groups in total. The van der Waals surface area contributed by atoms with Crippen molar-refractivity contribution < 1.29 is 42.1 Å². The minimum Gasteiger partial charge on any atom is -0.497 e. The van der Waals surface area contributed by atoms with Crippen molar-refractivity contribution >= 4 is 30.9 Å². The number of benzene rings is 3. The summed E-state index contributed by atoms with van der Waals surface area (Å²) in [7, 11) is 0.305. The van der Waals surface area contributed by atoms with Crippen molar-refractivity contribution in [3.63, 3.8) is 0 Å². The lowest BCUT2D eigenvalue weighted by Crippen LogP contribution is -2.45. The number of rotatable bonds is 17. The summed E-state index contributed by atoms with van der Waals surface area (Å²) < 4.78 is 55.3. The normalized spacial score (nSPS) is 22.1. The third-order valence-corrected chi connectivity index (χ3v) is 12.6. The first-order valence-corrected chi connectivity index (χ1v) is 21.1. The smallest absolute Gasteiger partial charge is 0.351 e. The Hall–Kier alpha value is -4.01. The molecule has 2 aliphatic heterocycles. The molecule has 2 unspecified atom stereocenters. The van der Waals surface area contributed by atoms with Gasteiger partial charge < -0.3 is 38.0 Å². The second kappa shape index (κ2) is 17.5. The van der Waals surface area contributed by atoms with Gasteiger partial charge in [0.1, 0.15) is 40.7 Å². The molecule has 0 saturated carbocycles. The molecule has 3 aromatic carbocycles. The molecule has 6 rings (SSSR count). The third kappa shape index (κ3) is 9.02. The molecule has 0 aliphatic carbocycles. The van der Waals surface area contributed by atoms with Gasteiger partial charge in [-0.3, -0.25) is 13.9 Å². The van der Waals surface area contributed by atoms with E-state index in [0.29, 0.717) is 23.1 Å². The predicted molar refractivity (Wildman–Crippen MR) is 219 cm³/mol. The summed E-state index contributed by atoms with van der Waals surface area (Å²) in [5.74, 6) is 1.04. The highest BCUT2D eigenvalue weighted by atomic mass is 32.2. The van der Waals surface area contributed by atoms with Crippen LogP contribution >= 0.6 is 20.0 Å². The fourth-order valence-electron chi connectivity index (χ4n) is 7.24. The van der Waals surface area contributed by atoms with Gasteiger partial charge in [0.25, 0.3) is 0 Å². The Morgan fingerprint density at radius 1 is 0.912 bits per heavy atom. The van der Waals surface area contributed by atoms with E-state index in [0.717, 1.165) is 34.9 Å². The maximum Gasteiger partial charge on any atom is 0.351 e. The van der Waals surface area contributed by atoms with Crippen LogP contribution in [0.15, 0.2) is 95.9 Å². The summed E-state index contributed by atoms with van der Waals surface area (Å²) in [5, 5.41) is 3.69. The number of anilines is 1. The highest BCUT2D eigenvalue weighted by molar-refractivity contribution is 8.13. The number of aromatic nitrogens is 2. The number of thioether (sulfide) groups is 1. The van der Waals surface area contributed by atoms with Crippen LogP contribution in [0.1, 0.15) is 70.9 Å². The topological polar surface area (TPSA) is 146 Å². The van der Waals surface area contributed by atoms with Crippen LogP contribution in [0.2, 0.25) is 0 Å². The van der Waals surface area contributed by atoms with Crippen molar-refractivity contribution in [3.8, 4) is 11.5 Å². The Morgan fingerprint density at radius 2 is 1.51 bits per heavy atom. The van der Waals surface area contributed by atoms with Crippen LogP contribution in [0.4, 0.5) is 5.82 Å².